The van der Waals surface area contributed by atoms with Gasteiger partial charge >= 0.3 is 18.0 Å². The first kappa shape index (κ1) is 46.6. The number of benzene rings is 5. The number of imide groups is 1. The molecule has 4 aliphatic rings. The van der Waals surface area contributed by atoms with Crippen molar-refractivity contribution < 1.29 is 38.6 Å². The molecule has 0 saturated carbocycles. The van der Waals surface area contributed by atoms with Gasteiger partial charge in [0, 0.05) is 18.7 Å². The maximum atomic E-state index is 16.7. The van der Waals surface area contributed by atoms with E-state index < -0.39 is 65.5 Å². The van der Waals surface area contributed by atoms with Gasteiger partial charge in [-0.15, -0.1) is 0 Å². The molecule has 0 unspecified atom stereocenters. The quantitative estimate of drug-likeness (QED) is 0.0846. The molecule has 0 aliphatic carbocycles. The van der Waals surface area contributed by atoms with E-state index in [4.69, 9.17) is 15.2 Å². The zero-order chi connectivity index (χ0) is 48.1. The van der Waals surface area contributed by atoms with Crippen molar-refractivity contribution in [3.05, 3.63) is 167 Å². The minimum Gasteiger partial charge on any atom is -0.491 e. The molecule has 5 aromatic rings. The Morgan fingerprint density at radius 1 is 0.812 bits per heavy atom. The Balaban J connectivity index is 1.34. The number of likely N-dealkylation sites (tertiary alicyclic amines) is 1. The molecule has 5 aromatic carbocycles. The molecular weight excluding hydrogens is 873 g/mol. The number of fused-ring (bicyclic) bond motifs is 3. The highest BCUT2D eigenvalue weighted by molar-refractivity contribution is 6.24. The molecule has 9 rings (SSSR count). The maximum absolute atomic E-state index is 16.7. The first-order chi connectivity index (χ1) is 33.6. The molecule has 6 amide bonds. The van der Waals surface area contributed by atoms with Crippen molar-refractivity contribution in [2.75, 3.05) is 37.7 Å². The van der Waals surface area contributed by atoms with Gasteiger partial charge in [0.1, 0.15) is 29.9 Å². The van der Waals surface area contributed by atoms with Gasteiger partial charge in [-0.2, -0.15) is 0 Å². The van der Waals surface area contributed by atoms with Crippen molar-refractivity contribution in [1.29, 1.82) is 0 Å². The molecule has 69 heavy (non-hydrogen) atoms. The minimum absolute atomic E-state index is 0.0457. The number of anilines is 1. The number of aliphatic hydroxyl groups excluding tert-OH is 1. The summed E-state index contributed by atoms with van der Waals surface area (Å²) in [5.41, 5.74) is 7.28. The molecule has 0 radical (unpaired) electrons. The van der Waals surface area contributed by atoms with Gasteiger partial charge in [-0.25, -0.2) is 14.5 Å². The molecule has 1 spiro atoms. The molecule has 3 fully saturated rings. The third-order valence-electron chi connectivity index (χ3n) is 13.9. The Bertz CT molecular complexity index is 2740. The number of carbonyl (C=O) groups is 5. The first-order valence-corrected chi connectivity index (χ1v) is 23.7. The van der Waals surface area contributed by atoms with Gasteiger partial charge in [-0.05, 0) is 77.9 Å². The van der Waals surface area contributed by atoms with Crippen molar-refractivity contribution in [1.82, 2.24) is 20.4 Å². The standard InChI is InChI=1S/C55H56N6O8/c1-36(38-18-8-5-9-19-38)58-54(67)60-44-29-24-37(17-16-30-57-53(56)66)35-43(44)55(52(60)65)45(50(63)59-31-14-3-2-4-15-32-59)47-51(64)69-48(40-22-12-7-13-23-40)46(39-20-10-6-11-21-39)61(47)49(55)41-25-27-42(28-26-41)68-34-33-62/h5-13,18-29,35-36,45-49,62H,2-4,14-15,30-34H2,1H3,(H,58,67)(H3,56,57,66)/t36-,45-,46-,47-,48+,49+,55-/m1/s1. The van der Waals surface area contributed by atoms with Crippen LogP contribution < -0.4 is 26.0 Å². The molecule has 14 nitrogen and oxygen atoms in total. The van der Waals surface area contributed by atoms with Crippen molar-refractivity contribution in [3.63, 3.8) is 0 Å². The van der Waals surface area contributed by atoms with E-state index in [0.717, 1.165) is 48.1 Å². The van der Waals surface area contributed by atoms with E-state index in [0.29, 0.717) is 41.1 Å². The van der Waals surface area contributed by atoms with Crippen LogP contribution in [0.15, 0.2) is 133 Å². The van der Waals surface area contributed by atoms with Crippen molar-refractivity contribution in [2.45, 2.75) is 74.7 Å². The van der Waals surface area contributed by atoms with E-state index in [1.54, 1.807) is 35.2 Å². The number of urea groups is 2. The number of amides is 6. The largest absolute Gasteiger partial charge is 0.491 e. The average Bonchev–Trinajstić information content (AvgIpc) is 3.81. The fraction of sp³-hybridized carbons (Fsp3) is 0.327. The van der Waals surface area contributed by atoms with Crippen LogP contribution >= 0.6 is 0 Å². The number of nitrogens with two attached hydrogens (primary N) is 1. The smallest absolute Gasteiger partial charge is 0.329 e. The van der Waals surface area contributed by atoms with Gasteiger partial charge in [0.15, 0.2) is 0 Å². The summed E-state index contributed by atoms with van der Waals surface area (Å²) in [5, 5.41) is 15.2. The summed E-state index contributed by atoms with van der Waals surface area (Å²) in [6.45, 7) is 2.45. The number of nitrogens with one attached hydrogen (secondary N) is 2. The average molecular weight is 929 g/mol. The monoisotopic (exact) mass is 928 g/mol. The predicted molar refractivity (Wildman–Crippen MR) is 258 cm³/mol. The van der Waals surface area contributed by atoms with E-state index in [2.05, 4.69) is 22.5 Å². The van der Waals surface area contributed by atoms with Crippen molar-refractivity contribution in [3.8, 4) is 17.6 Å². The van der Waals surface area contributed by atoms with Crippen LogP contribution in [-0.2, 0) is 24.5 Å². The number of ether oxygens (including phenoxy) is 2. The van der Waals surface area contributed by atoms with Gasteiger partial charge < -0.3 is 35.8 Å². The Morgan fingerprint density at radius 3 is 2.10 bits per heavy atom. The Morgan fingerprint density at radius 2 is 1.45 bits per heavy atom. The van der Waals surface area contributed by atoms with Gasteiger partial charge in [-0.1, -0.05) is 134 Å². The van der Waals surface area contributed by atoms with Crippen LogP contribution in [0.4, 0.5) is 15.3 Å². The SMILES string of the molecule is C[C@@H](NC(=O)N1C(=O)[C@@]2(c3cc(C#CCNC(N)=O)ccc31)[C@H](c1ccc(OCCO)cc1)N1[C@H](c3ccccc3)[C@H](c3ccccc3)OC(=O)[C@H]1[C@@H]2C(=O)N1CCCCCCC1)c1ccccc1. The number of hydrogen-bond acceptors (Lipinski definition) is 9. The van der Waals surface area contributed by atoms with Crippen LogP contribution in [0.1, 0.15) is 96.6 Å². The second-order valence-corrected chi connectivity index (χ2v) is 18.0. The Kier molecular flexibility index (Phi) is 13.8. The number of nitrogens with zero attached hydrogens (tertiary/aromatic N) is 3. The molecule has 14 heteroatoms. The van der Waals surface area contributed by atoms with Crippen molar-refractivity contribution in [2.24, 2.45) is 11.7 Å². The molecule has 0 bridgehead atoms. The van der Waals surface area contributed by atoms with Crippen molar-refractivity contribution >= 4 is 35.5 Å². The van der Waals surface area contributed by atoms with Crippen LogP contribution in [0.3, 0.4) is 0 Å². The highest BCUT2D eigenvalue weighted by Gasteiger charge is 2.76. The fourth-order valence-corrected chi connectivity index (χ4v) is 10.9. The molecular formula is C55H56N6O8. The molecule has 3 saturated heterocycles. The van der Waals surface area contributed by atoms with Gasteiger partial charge in [0.2, 0.25) is 11.8 Å². The lowest BCUT2D eigenvalue weighted by atomic mass is 9.64. The number of rotatable bonds is 10. The second kappa shape index (κ2) is 20.4. The first-order valence-electron chi connectivity index (χ1n) is 23.7. The van der Waals surface area contributed by atoms with E-state index in [9.17, 15) is 9.90 Å². The Hall–Kier alpha value is -7.47. The van der Waals surface area contributed by atoms with Crippen LogP contribution in [-0.4, -0.2) is 83.6 Å². The molecule has 4 aliphatic heterocycles. The zero-order valence-corrected chi connectivity index (χ0v) is 38.5. The normalized spacial score (nSPS) is 23.6. The fourth-order valence-electron chi connectivity index (χ4n) is 10.9. The number of aliphatic hydroxyl groups is 1. The zero-order valence-electron chi connectivity index (χ0n) is 38.5. The lowest BCUT2D eigenvalue weighted by Crippen LogP contribution is -2.57. The Labute approximate surface area is 401 Å². The van der Waals surface area contributed by atoms with E-state index in [-0.39, 0.29) is 31.4 Å². The summed E-state index contributed by atoms with van der Waals surface area (Å²) < 4.78 is 12.5. The summed E-state index contributed by atoms with van der Waals surface area (Å²) in [6, 6.07) is 35.6. The van der Waals surface area contributed by atoms with Gasteiger partial charge in [-0.3, -0.25) is 19.3 Å². The molecule has 7 atom stereocenters. The maximum Gasteiger partial charge on any atom is 0.329 e. The number of hydrogen-bond donors (Lipinski definition) is 4. The number of morpholine rings is 1. The second-order valence-electron chi connectivity index (χ2n) is 18.0. The van der Waals surface area contributed by atoms with E-state index >= 15 is 19.2 Å². The van der Waals surface area contributed by atoms with Crippen LogP contribution in [0.5, 0.6) is 5.75 Å². The minimum atomic E-state index is -1.97. The third kappa shape index (κ3) is 8.91. The predicted octanol–water partition coefficient (Wildman–Crippen LogP) is 7.01. The number of primary amides is 1. The van der Waals surface area contributed by atoms with Gasteiger partial charge in [0.25, 0.3) is 0 Å². The van der Waals surface area contributed by atoms with Gasteiger partial charge in [0.05, 0.1) is 42.9 Å². The molecule has 0 aromatic heterocycles. The molecule has 4 heterocycles. The summed E-state index contributed by atoms with van der Waals surface area (Å²) >= 11 is 0. The lowest BCUT2D eigenvalue weighted by Gasteiger charge is -2.46. The third-order valence-corrected chi connectivity index (χ3v) is 13.9. The number of cyclic esters (lactones) is 1. The van der Waals surface area contributed by atoms with Crippen LogP contribution in [0.25, 0.3) is 0 Å². The van der Waals surface area contributed by atoms with Crippen LogP contribution in [0, 0.1) is 17.8 Å². The number of carbonyl (C=O) groups excluding carboxylic acids is 5. The summed E-state index contributed by atoms with van der Waals surface area (Å²) in [7, 11) is 0. The molecule has 354 valence electrons. The number of esters is 1. The topological polar surface area (TPSA) is 184 Å². The van der Waals surface area contributed by atoms with E-state index in [1.807, 2.05) is 115 Å². The van der Waals surface area contributed by atoms with Crippen LogP contribution in [0.2, 0.25) is 0 Å². The molecule has 5 N–H and O–H groups in total. The summed E-state index contributed by atoms with van der Waals surface area (Å²) in [5.74, 6) is 3.33. The van der Waals surface area contributed by atoms with E-state index in [1.165, 1.54) is 0 Å². The summed E-state index contributed by atoms with van der Waals surface area (Å²) in [4.78, 5) is 80.2. The lowest BCUT2D eigenvalue weighted by molar-refractivity contribution is -0.179. The highest BCUT2D eigenvalue weighted by Crippen LogP contribution is 2.66. The highest BCUT2D eigenvalue weighted by atomic mass is 16.6. The summed E-state index contributed by atoms with van der Waals surface area (Å²) in [6.07, 6.45) is 3.45.